The smallest absolute Gasteiger partial charge is 0.0858 e. The molecule has 3 nitrogen and oxygen atoms in total. The van der Waals surface area contributed by atoms with Crippen molar-refractivity contribution in [1.82, 2.24) is 0 Å². The molecule has 0 heterocycles. The first-order valence-electron chi connectivity index (χ1n) is 8.46. The van der Waals surface area contributed by atoms with Crippen LogP contribution in [0.3, 0.4) is 0 Å². The van der Waals surface area contributed by atoms with Crippen molar-refractivity contribution < 1.29 is 14.9 Å². The first-order chi connectivity index (χ1) is 10.2. The zero-order chi connectivity index (χ0) is 15.8. The molecule has 1 aliphatic carbocycles. The minimum atomic E-state index is -0.477. The number of allylic oxidation sites excluding steroid dienone is 2. The predicted octanol–water partition coefficient (Wildman–Crippen LogP) is 4.69. The zero-order valence-electron chi connectivity index (χ0n) is 13.8. The molecule has 0 radical (unpaired) electrons. The highest BCUT2D eigenvalue weighted by molar-refractivity contribution is 4.73. The Morgan fingerprint density at radius 1 is 0.667 bits per heavy atom. The molecule has 0 aromatic rings. The molecule has 2 N–H and O–H groups in total. The number of ether oxygens (including phenoxy) is 1. The van der Waals surface area contributed by atoms with E-state index >= 15 is 0 Å². The second-order valence-electron chi connectivity index (χ2n) is 5.62. The molecular weight excluding hydrogens is 264 g/mol. The molecule has 0 spiro atoms. The highest BCUT2D eigenvalue weighted by Crippen LogP contribution is 2.17. The Labute approximate surface area is 130 Å². The molecule has 0 bridgehead atoms. The third-order valence-corrected chi connectivity index (χ3v) is 3.62. The molecule has 3 heteroatoms. The van der Waals surface area contributed by atoms with Crippen molar-refractivity contribution in [3.63, 3.8) is 0 Å². The number of rotatable bonds is 2. The Balaban J connectivity index is 0.000000486. The summed E-state index contributed by atoms with van der Waals surface area (Å²) in [7, 11) is 0. The van der Waals surface area contributed by atoms with E-state index in [1.165, 1.54) is 38.5 Å². The topological polar surface area (TPSA) is 49.7 Å². The summed E-state index contributed by atoms with van der Waals surface area (Å²) in [6.45, 7) is 3.81. The summed E-state index contributed by atoms with van der Waals surface area (Å²) >= 11 is 0. The van der Waals surface area contributed by atoms with Crippen molar-refractivity contribution in [2.24, 2.45) is 0 Å². The molecule has 1 fully saturated rings. The lowest BCUT2D eigenvalue weighted by Gasteiger charge is -2.18. The van der Waals surface area contributed by atoms with E-state index < -0.39 is 12.2 Å². The fraction of sp³-hybridized carbons (Fsp3) is 0.778. The van der Waals surface area contributed by atoms with E-state index in [2.05, 4.69) is 0 Å². The Hall–Kier alpha value is -0.800. The summed E-state index contributed by atoms with van der Waals surface area (Å²) in [5.74, 6) is 0. The monoisotopic (exact) mass is 298 g/mol. The molecule has 1 saturated carbocycles. The van der Waals surface area contributed by atoms with Gasteiger partial charge in [0.2, 0.25) is 0 Å². The normalized spacial score (nSPS) is 25.7. The van der Waals surface area contributed by atoms with Gasteiger partial charge in [0.1, 0.15) is 0 Å². The van der Waals surface area contributed by atoms with Crippen molar-refractivity contribution in [3.05, 3.63) is 24.7 Å². The lowest BCUT2D eigenvalue weighted by molar-refractivity contribution is 0.00685. The first-order valence-corrected chi connectivity index (χ1v) is 8.46. The molecule has 0 aromatic carbocycles. The summed E-state index contributed by atoms with van der Waals surface area (Å²) in [5, 5.41) is 19.2. The standard InChI is InChI=1S/C12H24O2.C6H10O/c13-11-9-7-5-3-1-2-4-6-8-10-12(11)14;1-3-5-7-6-4-2/h11-14H,1-10H2;3-6H,1-2H3. The van der Waals surface area contributed by atoms with Gasteiger partial charge in [-0.3, -0.25) is 0 Å². The molecule has 2 unspecified atom stereocenters. The lowest BCUT2D eigenvalue weighted by atomic mass is 9.98. The molecule has 0 saturated heterocycles. The maximum Gasteiger partial charge on any atom is 0.0858 e. The van der Waals surface area contributed by atoms with E-state index in [-0.39, 0.29) is 0 Å². The summed E-state index contributed by atoms with van der Waals surface area (Å²) < 4.78 is 4.77. The van der Waals surface area contributed by atoms with Gasteiger partial charge in [0.15, 0.2) is 0 Å². The van der Waals surface area contributed by atoms with Crippen LogP contribution in [0.2, 0.25) is 0 Å². The van der Waals surface area contributed by atoms with Crippen LogP contribution in [0, 0.1) is 0 Å². The number of hydrogen-bond acceptors (Lipinski definition) is 3. The first kappa shape index (κ1) is 20.2. The van der Waals surface area contributed by atoms with Crippen LogP contribution in [-0.2, 0) is 4.74 Å². The Bertz CT molecular complexity index is 235. The van der Waals surface area contributed by atoms with Gasteiger partial charge >= 0.3 is 0 Å². The van der Waals surface area contributed by atoms with Crippen molar-refractivity contribution in [2.45, 2.75) is 90.3 Å². The summed E-state index contributed by atoms with van der Waals surface area (Å²) in [4.78, 5) is 0. The van der Waals surface area contributed by atoms with Gasteiger partial charge in [0.05, 0.1) is 24.7 Å². The second kappa shape index (κ2) is 15.6. The summed E-state index contributed by atoms with van der Waals surface area (Å²) in [6.07, 6.45) is 17.4. The van der Waals surface area contributed by atoms with Gasteiger partial charge in [0, 0.05) is 0 Å². The third-order valence-electron chi connectivity index (χ3n) is 3.62. The van der Waals surface area contributed by atoms with E-state index in [0.717, 1.165) is 25.7 Å². The van der Waals surface area contributed by atoms with Gasteiger partial charge in [-0.2, -0.15) is 0 Å². The van der Waals surface area contributed by atoms with Gasteiger partial charge in [-0.1, -0.05) is 63.5 Å². The van der Waals surface area contributed by atoms with Crippen molar-refractivity contribution >= 4 is 0 Å². The maximum atomic E-state index is 9.61. The molecule has 21 heavy (non-hydrogen) atoms. The lowest BCUT2D eigenvalue weighted by Crippen LogP contribution is -2.25. The van der Waals surface area contributed by atoms with E-state index in [1.54, 1.807) is 12.5 Å². The average molecular weight is 298 g/mol. The van der Waals surface area contributed by atoms with E-state index in [4.69, 9.17) is 4.74 Å². The number of hydrogen-bond donors (Lipinski definition) is 2. The third kappa shape index (κ3) is 13.9. The van der Waals surface area contributed by atoms with Crippen LogP contribution >= 0.6 is 0 Å². The Morgan fingerprint density at radius 2 is 1.00 bits per heavy atom. The summed E-state index contributed by atoms with van der Waals surface area (Å²) in [5.41, 5.74) is 0. The number of aliphatic hydroxyl groups is 2. The van der Waals surface area contributed by atoms with Crippen LogP contribution in [0.15, 0.2) is 24.7 Å². The molecule has 0 aromatic heterocycles. The SMILES string of the molecule is CC=COC=CC.OC1CCCCCCCCCCC1O. The van der Waals surface area contributed by atoms with Gasteiger partial charge in [-0.15, -0.1) is 0 Å². The highest BCUT2D eigenvalue weighted by Gasteiger charge is 2.15. The predicted molar refractivity (Wildman–Crippen MR) is 88.9 cm³/mol. The van der Waals surface area contributed by atoms with Gasteiger partial charge in [0.25, 0.3) is 0 Å². The van der Waals surface area contributed by atoms with Crippen LogP contribution in [-0.4, -0.2) is 22.4 Å². The van der Waals surface area contributed by atoms with E-state index in [0.29, 0.717) is 0 Å². The number of aliphatic hydroxyl groups excluding tert-OH is 2. The molecule has 0 amide bonds. The fourth-order valence-electron chi connectivity index (χ4n) is 2.35. The van der Waals surface area contributed by atoms with E-state index in [1.807, 2.05) is 26.0 Å². The average Bonchev–Trinajstić information content (AvgIpc) is 2.48. The van der Waals surface area contributed by atoms with Crippen molar-refractivity contribution in [3.8, 4) is 0 Å². The minimum Gasteiger partial charge on any atom is -0.473 e. The molecule has 1 aliphatic rings. The maximum absolute atomic E-state index is 9.61. The van der Waals surface area contributed by atoms with Crippen LogP contribution < -0.4 is 0 Å². The van der Waals surface area contributed by atoms with Crippen molar-refractivity contribution in [1.29, 1.82) is 0 Å². The molecule has 124 valence electrons. The molecule has 1 rings (SSSR count). The zero-order valence-corrected chi connectivity index (χ0v) is 13.8. The van der Waals surface area contributed by atoms with Gasteiger partial charge in [-0.25, -0.2) is 0 Å². The Kier molecular flexibility index (Phi) is 15.0. The minimum absolute atomic E-state index is 0.477. The van der Waals surface area contributed by atoms with Crippen LogP contribution in [0.4, 0.5) is 0 Å². The largest absolute Gasteiger partial charge is 0.473 e. The molecular formula is C18H34O3. The van der Waals surface area contributed by atoms with Crippen LogP contribution in [0.1, 0.15) is 78.1 Å². The Morgan fingerprint density at radius 3 is 1.33 bits per heavy atom. The van der Waals surface area contributed by atoms with Gasteiger partial charge in [-0.05, 0) is 26.7 Å². The molecule has 0 aliphatic heterocycles. The summed E-state index contributed by atoms with van der Waals surface area (Å²) in [6, 6.07) is 0. The van der Waals surface area contributed by atoms with Crippen LogP contribution in [0.25, 0.3) is 0 Å². The van der Waals surface area contributed by atoms with Crippen molar-refractivity contribution in [2.75, 3.05) is 0 Å². The highest BCUT2D eigenvalue weighted by atomic mass is 16.5. The van der Waals surface area contributed by atoms with Gasteiger partial charge < -0.3 is 14.9 Å². The fourth-order valence-corrected chi connectivity index (χ4v) is 2.35. The molecule has 2 atom stereocenters. The van der Waals surface area contributed by atoms with Crippen LogP contribution in [0.5, 0.6) is 0 Å². The quantitative estimate of drug-likeness (QED) is 0.727. The van der Waals surface area contributed by atoms with E-state index in [9.17, 15) is 10.2 Å². The second-order valence-corrected chi connectivity index (χ2v) is 5.62.